The molecule has 1 aliphatic rings. The zero-order valence-electron chi connectivity index (χ0n) is 22.0. The summed E-state index contributed by atoms with van der Waals surface area (Å²) in [7, 11) is 3.36. The number of piperazine rings is 1. The lowest BCUT2D eigenvalue weighted by atomic mass is 10.0. The Labute approximate surface area is 218 Å². The van der Waals surface area contributed by atoms with Gasteiger partial charge in [-0.05, 0) is 76.9 Å². The molecule has 4 aromatic rings. The van der Waals surface area contributed by atoms with Crippen LogP contribution in [0, 0.1) is 13.8 Å². The molecule has 2 heterocycles. The molecule has 1 atom stereocenters. The van der Waals surface area contributed by atoms with E-state index in [9.17, 15) is 0 Å². The molecule has 0 N–H and O–H groups in total. The Morgan fingerprint density at radius 2 is 1.46 bits per heavy atom. The predicted molar refractivity (Wildman–Crippen MR) is 144 cm³/mol. The van der Waals surface area contributed by atoms with Crippen molar-refractivity contribution in [3.63, 3.8) is 0 Å². The van der Waals surface area contributed by atoms with Crippen LogP contribution in [0.5, 0.6) is 11.5 Å². The highest BCUT2D eigenvalue weighted by Gasteiger charge is 2.31. The molecule has 0 bridgehead atoms. The molecule has 0 spiro atoms. The second-order valence-corrected chi connectivity index (χ2v) is 9.46. The number of methoxy groups -OCH3 is 2. The highest BCUT2D eigenvalue weighted by atomic mass is 16.5. The summed E-state index contributed by atoms with van der Waals surface area (Å²) in [4.78, 5) is 4.98. The maximum absolute atomic E-state index is 5.41. The van der Waals surface area contributed by atoms with Crippen LogP contribution in [0.2, 0.25) is 0 Å². The van der Waals surface area contributed by atoms with Gasteiger partial charge in [0.2, 0.25) is 0 Å². The van der Waals surface area contributed by atoms with Crippen LogP contribution in [0.15, 0.2) is 66.7 Å². The van der Waals surface area contributed by atoms with Crippen molar-refractivity contribution < 1.29 is 9.47 Å². The number of rotatable bonds is 8. The molecule has 1 fully saturated rings. The van der Waals surface area contributed by atoms with Crippen molar-refractivity contribution in [3.8, 4) is 11.5 Å². The lowest BCUT2D eigenvalue weighted by Gasteiger charge is -2.40. The van der Waals surface area contributed by atoms with E-state index in [1.807, 2.05) is 28.9 Å². The molecule has 1 saturated heterocycles. The third-order valence-electron chi connectivity index (χ3n) is 7.32. The topological polar surface area (TPSA) is 68.5 Å². The number of ether oxygens (including phenoxy) is 2. The fourth-order valence-electron chi connectivity index (χ4n) is 5.03. The Balaban J connectivity index is 1.42. The largest absolute Gasteiger partial charge is 0.497 e. The molecule has 5 rings (SSSR count). The molecule has 0 radical (unpaired) electrons. The Morgan fingerprint density at radius 1 is 0.811 bits per heavy atom. The van der Waals surface area contributed by atoms with Crippen LogP contribution < -0.4 is 14.4 Å². The Kier molecular flexibility index (Phi) is 7.37. The SMILES string of the molecule is COc1ccc(Cn2nnnc2[C@@H](c2ccc(OC)cc2)N2CCN(c3cccc(C)c3C)CC2)cc1. The van der Waals surface area contributed by atoms with Crippen LogP contribution in [0.25, 0.3) is 0 Å². The van der Waals surface area contributed by atoms with Crippen molar-refractivity contribution in [2.24, 2.45) is 0 Å². The maximum atomic E-state index is 5.41. The quantitative estimate of drug-likeness (QED) is 0.359. The van der Waals surface area contributed by atoms with Crippen LogP contribution >= 0.6 is 0 Å². The Hall–Kier alpha value is -3.91. The van der Waals surface area contributed by atoms with Gasteiger partial charge in [0, 0.05) is 31.9 Å². The van der Waals surface area contributed by atoms with Crippen molar-refractivity contribution in [1.29, 1.82) is 0 Å². The van der Waals surface area contributed by atoms with Gasteiger partial charge in [0.25, 0.3) is 0 Å². The molecular weight excluding hydrogens is 464 g/mol. The van der Waals surface area contributed by atoms with Gasteiger partial charge in [0.15, 0.2) is 5.82 Å². The van der Waals surface area contributed by atoms with Gasteiger partial charge in [-0.2, -0.15) is 0 Å². The van der Waals surface area contributed by atoms with Crippen LogP contribution in [-0.2, 0) is 6.54 Å². The fourth-order valence-corrected chi connectivity index (χ4v) is 5.03. The zero-order chi connectivity index (χ0) is 25.8. The molecule has 0 unspecified atom stereocenters. The molecular formula is C29H34N6O2. The van der Waals surface area contributed by atoms with Gasteiger partial charge in [0.05, 0.1) is 26.8 Å². The van der Waals surface area contributed by atoms with E-state index in [1.54, 1.807) is 14.2 Å². The summed E-state index contributed by atoms with van der Waals surface area (Å²) in [6.45, 7) is 8.66. The number of benzene rings is 3. The van der Waals surface area contributed by atoms with Crippen LogP contribution in [0.1, 0.15) is 34.1 Å². The molecule has 8 nitrogen and oxygen atoms in total. The van der Waals surface area contributed by atoms with Gasteiger partial charge in [-0.3, -0.25) is 4.90 Å². The van der Waals surface area contributed by atoms with Gasteiger partial charge in [0.1, 0.15) is 11.5 Å². The second-order valence-electron chi connectivity index (χ2n) is 9.46. The fraction of sp³-hybridized carbons (Fsp3) is 0.345. The van der Waals surface area contributed by atoms with E-state index in [4.69, 9.17) is 9.47 Å². The number of aryl methyl sites for hydroxylation is 1. The smallest absolute Gasteiger partial charge is 0.173 e. The third-order valence-corrected chi connectivity index (χ3v) is 7.32. The van der Waals surface area contributed by atoms with E-state index in [-0.39, 0.29) is 6.04 Å². The molecule has 3 aromatic carbocycles. The third kappa shape index (κ3) is 5.29. The summed E-state index contributed by atoms with van der Waals surface area (Å²) in [6.07, 6.45) is 0. The van der Waals surface area contributed by atoms with E-state index in [2.05, 4.69) is 81.6 Å². The minimum Gasteiger partial charge on any atom is -0.497 e. The van der Waals surface area contributed by atoms with Gasteiger partial charge in [-0.15, -0.1) is 5.10 Å². The molecule has 0 aliphatic carbocycles. The number of aromatic nitrogens is 4. The molecule has 1 aliphatic heterocycles. The number of hydrogen-bond acceptors (Lipinski definition) is 7. The Bertz CT molecular complexity index is 1310. The number of hydrogen-bond donors (Lipinski definition) is 0. The van der Waals surface area contributed by atoms with Crippen molar-refractivity contribution in [2.45, 2.75) is 26.4 Å². The average Bonchev–Trinajstić information content (AvgIpc) is 3.39. The molecule has 0 saturated carbocycles. The molecule has 1 aromatic heterocycles. The average molecular weight is 499 g/mol. The number of nitrogens with zero attached hydrogens (tertiary/aromatic N) is 6. The summed E-state index contributed by atoms with van der Waals surface area (Å²) < 4.78 is 12.6. The van der Waals surface area contributed by atoms with Crippen LogP contribution in [-0.4, -0.2) is 65.5 Å². The van der Waals surface area contributed by atoms with Crippen molar-refractivity contribution in [3.05, 3.63) is 94.8 Å². The van der Waals surface area contributed by atoms with E-state index in [0.717, 1.165) is 54.6 Å². The van der Waals surface area contributed by atoms with E-state index < -0.39 is 0 Å². The highest BCUT2D eigenvalue weighted by molar-refractivity contribution is 5.56. The minimum atomic E-state index is -0.0695. The molecule has 37 heavy (non-hydrogen) atoms. The molecule has 0 amide bonds. The van der Waals surface area contributed by atoms with E-state index in [0.29, 0.717) is 6.54 Å². The summed E-state index contributed by atoms with van der Waals surface area (Å²) in [5.41, 5.74) is 6.26. The zero-order valence-corrected chi connectivity index (χ0v) is 22.0. The first-order valence-corrected chi connectivity index (χ1v) is 12.7. The summed E-state index contributed by atoms with van der Waals surface area (Å²) in [6, 6.07) is 22.8. The summed E-state index contributed by atoms with van der Waals surface area (Å²) >= 11 is 0. The van der Waals surface area contributed by atoms with Gasteiger partial charge in [-0.25, -0.2) is 4.68 Å². The van der Waals surface area contributed by atoms with Crippen molar-refractivity contribution in [2.75, 3.05) is 45.3 Å². The maximum Gasteiger partial charge on any atom is 0.173 e. The lowest BCUT2D eigenvalue weighted by Crippen LogP contribution is -2.48. The first-order chi connectivity index (χ1) is 18.1. The molecule has 192 valence electrons. The van der Waals surface area contributed by atoms with Crippen LogP contribution in [0.4, 0.5) is 5.69 Å². The standard InChI is InChI=1S/C29H34N6O2/c1-21-6-5-7-27(22(21)2)33-16-18-34(19-17-33)28(24-10-14-26(37-4)15-11-24)29-30-31-32-35(29)20-23-8-12-25(36-3)13-9-23/h5-15,28H,16-20H2,1-4H3/t28-/m1/s1. The lowest BCUT2D eigenvalue weighted by molar-refractivity contribution is 0.201. The van der Waals surface area contributed by atoms with Crippen molar-refractivity contribution >= 4 is 5.69 Å². The van der Waals surface area contributed by atoms with Gasteiger partial charge < -0.3 is 14.4 Å². The van der Waals surface area contributed by atoms with Crippen LogP contribution in [0.3, 0.4) is 0 Å². The normalized spacial score (nSPS) is 15.0. The summed E-state index contributed by atoms with van der Waals surface area (Å²) in [5.74, 6) is 2.50. The Morgan fingerprint density at radius 3 is 2.11 bits per heavy atom. The first-order valence-electron chi connectivity index (χ1n) is 12.7. The van der Waals surface area contributed by atoms with Crippen molar-refractivity contribution in [1.82, 2.24) is 25.1 Å². The van der Waals surface area contributed by atoms with Gasteiger partial charge >= 0.3 is 0 Å². The highest BCUT2D eigenvalue weighted by Crippen LogP contribution is 2.31. The second kappa shape index (κ2) is 11.0. The number of anilines is 1. The number of tetrazole rings is 1. The van der Waals surface area contributed by atoms with Gasteiger partial charge in [-0.1, -0.05) is 36.4 Å². The monoisotopic (exact) mass is 498 g/mol. The molecule has 8 heteroatoms. The predicted octanol–water partition coefficient (Wildman–Crippen LogP) is 4.27. The minimum absolute atomic E-state index is 0.0695. The van der Waals surface area contributed by atoms with E-state index >= 15 is 0 Å². The first kappa shape index (κ1) is 24.8. The summed E-state index contributed by atoms with van der Waals surface area (Å²) in [5, 5.41) is 13.0. The van der Waals surface area contributed by atoms with E-state index in [1.165, 1.54) is 16.8 Å².